The zero-order valence-electron chi connectivity index (χ0n) is 15.4. The normalized spacial score (nSPS) is 15.5. The molecule has 1 aromatic rings. The fourth-order valence-electron chi connectivity index (χ4n) is 2.75. The summed E-state index contributed by atoms with van der Waals surface area (Å²) in [5.41, 5.74) is 3.44. The van der Waals surface area contributed by atoms with Gasteiger partial charge in [-0.25, -0.2) is 0 Å². The molecular formula is C24H28O2. The third kappa shape index (κ3) is 7.32. The molecule has 0 aliphatic heterocycles. The molecule has 1 unspecified atom stereocenters. The summed E-state index contributed by atoms with van der Waals surface area (Å²) in [6, 6.07) is 8.49. The number of hydrogen-bond donors (Lipinski definition) is 2. The van der Waals surface area contributed by atoms with Gasteiger partial charge in [-0.1, -0.05) is 54.0 Å². The van der Waals surface area contributed by atoms with E-state index in [-0.39, 0.29) is 13.2 Å². The number of hydrogen-bond acceptors (Lipinski definition) is 2. The van der Waals surface area contributed by atoms with Crippen LogP contribution in [0.1, 0.15) is 62.0 Å². The molecule has 0 aromatic heterocycles. The predicted molar refractivity (Wildman–Crippen MR) is 108 cm³/mol. The smallest absolute Gasteiger partial charge is 0.0431 e. The molecular weight excluding hydrogens is 320 g/mol. The number of aliphatic hydroxyl groups excluding tert-OH is 2. The van der Waals surface area contributed by atoms with Crippen molar-refractivity contribution in [3.8, 4) is 23.7 Å². The number of benzene rings is 1. The fourth-order valence-corrected chi connectivity index (χ4v) is 2.75. The highest BCUT2D eigenvalue weighted by Gasteiger charge is 2.10. The minimum Gasteiger partial charge on any atom is -0.396 e. The van der Waals surface area contributed by atoms with E-state index in [0.717, 1.165) is 56.1 Å². The van der Waals surface area contributed by atoms with Crippen LogP contribution in [-0.4, -0.2) is 23.4 Å². The summed E-state index contributed by atoms with van der Waals surface area (Å²) in [6.45, 7) is 0.497. The van der Waals surface area contributed by atoms with Crippen molar-refractivity contribution in [1.29, 1.82) is 0 Å². The number of aliphatic hydroxyl groups is 2. The van der Waals surface area contributed by atoms with Crippen molar-refractivity contribution in [3.05, 3.63) is 59.2 Å². The lowest BCUT2D eigenvalue weighted by molar-refractivity contribution is 0.285. The maximum atomic E-state index is 8.76. The first-order valence-electron chi connectivity index (χ1n) is 9.51. The Bertz CT molecular complexity index is 717. The van der Waals surface area contributed by atoms with Gasteiger partial charge in [0.25, 0.3) is 0 Å². The lowest BCUT2D eigenvalue weighted by Gasteiger charge is -2.14. The Morgan fingerprint density at radius 2 is 1.50 bits per heavy atom. The summed E-state index contributed by atoms with van der Waals surface area (Å²) < 4.78 is 0. The Kier molecular flexibility index (Phi) is 9.37. The summed E-state index contributed by atoms with van der Waals surface area (Å²) in [6.07, 6.45) is 12.8. The standard InChI is InChI=1S/C24H28O2/c25-19-7-3-1-5-9-21-11-15-23(16-12-21)24-17-13-22(14-18-24)10-6-2-4-8-20-26/h11-17,24-26H,1-4,7-8,18-20H2. The van der Waals surface area contributed by atoms with Crippen molar-refractivity contribution in [2.45, 2.75) is 50.9 Å². The van der Waals surface area contributed by atoms with Gasteiger partial charge in [0.05, 0.1) is 0 Å². The van der Waals surface area contributed by atoms with E-state index in [9.17, 15) is 0 Å². The number of unbranched alkanes of at least 4 members (excludes halogenated alkanes) is 4. The van der Waals surface area contributed by atoms with Crippen molar-refractivity contribution in [1.82, 2.24) is 0 Å². The van der Waals surface area contributed by atoms with Crippen molar-refractivity contribution >= 4 is 0 Å². The molecule has 1 aromatic carbocycles. The maximum absolute atomic E-state index is 8.76. The van der Waals surface area contributed by atoms with Gasteiger partial charge >= 0.3 is 0 Å². The molecule has 1 aliphatic rings. The zero-order valence-corrected chi connectivity index (χ0v) is 15.4. The van der Waals surface area contributed by atoms with E-state index in [2.05, 4.69) is 66.2 Å². The van der Waals surface area contributed by atoms with E-state index < -0.39 is 0 Å². The van der Waals surface area contributed by atoms with Crippen LogP contribution in [0.3, 0.4) is 0 Å². The minimum atomic E-state index is 0.247. The third-order valence-electron chi connectivity index (χ3n) is 4.32. The van der Waals surface area contributed by atoms with Crippen molar-refractivity contribution in [2.75, 3.05) is 13.2 Å². The first-order chi connectivity index (χ1) is 12.8. The van der Waals surface area contributed by atoms with Crippen LogP contribution >= 0.6 is 0 Å². The van der Waals surface area contributed by atoms with E-state index in [1.54, 1.807) is 0 Å². The molecule has 0 fully saturated rings. The maximum Gasteiger partial charge on any atom is 0.0431 e. The third-order valence-corrected chi connectivity index (χ3v) is 4.32. The second-order valence-electron chi connectivity index (χ2n) is 6.45. The lowest BCUT2D eigenvalue weighted by Crippen LogP contribution is -1.98. The topological polar surface area (TPSA) is 40.5 Å². The molecule has 2 nitrogen and oxygen atoms in total. The molecule has 0 bridgehead atoms. The second kappa shape index (κ2) is 12.2. The zero-order chi connectivity index (χ0) is 18.5. The number of rotatable bonds is 7. The van der Waals surface area contributed by atoms with Gasteiger partial charge in [-0.15, -0.1) is 0 Å². The molecule has 2 heteroatoms. The Balaban J connectivity index is 1.83. The summed E-state index contributed by atoms with van der Waals surface area (Å²) in [5.74, 6) is 13.1. The van der Waals surface area contributed by atoms with Crippen LogP contribution in [0.15, 0.2) is 48.1 Å². The summed E-state index contributed by atoms with van der Waals surface area (Å²) in [4.78, 5) is 0. The van der Waals surface area contributed by atoms with Gasteiger partial charge in [-0.2, -0.15) is 0 Å². The van der Waals surface area contributed by atoms with Crippen LogP contribution in [0.2, 0.25) is 0 Å². The highest BCUT2D eigenvalue weighted by Crippen LogP contribution is 2.26. The van der Waals surface area contributed by atoms with Crippen LogP contribution in [0.4, 0.5) is 0 Å². The Morgan fingerprint density at radius 3 is 2.08 bits per heavy atom. The molecule has 0 saturated carbocycles. The van der Waals surface area contributed by atoms with E-state index in [1.165, 1.54) is 5.56 Å². The highest BCUT2D eigenvalue weighted by atomic mass is 16.3. The van der Waals surface area contributed by atoms with Crippen LogP contribution < -0.4 is 0 Å². The van der Waals surface area contributed by atoms with Gasteiger partial charge in [0, 0.05) is 43.1 Å². The molecule has 0 spiro atoms. The van der Waals surface area contributed by atoms with Gasteiger partial charge in [0.2, 0.25) is 0 Å². The average Bonchev–Trinajstić information content (AvgIpc) is 2.69. The first kappa shape index (κ1) is 20.1. The predicted octanol–water partition coefficient (Wildman–Crippen LogP) is 4.34. The van der Waals surface area contributed by atoms with Crippen molar-refractivity contribution < 1.29 is 10.2 Å². The molecule has 1 aliphatic carbocycles. The number of allylic oxidation sites excluding steroid dienone is 4. The molecule has 0 heterocycles. The van der Waals surface area contributed by atoms with Gasteiger partial charge < -0.3 is 10.2 Å². The van der Waals surface area contributed by atoms with Crippen molar-refractivity contribution in [2.24, 2.45) is 0 Å². The van der Waals surface area contributed by atoms with E-state index in [4.69, 9.17) is 10.2 Å². The van der Waals surface area contributed by atoms with Crippen molar-refractivity contribution in [3.63, 3.8) is 0 Å². The lowest BCUT2D eigenvalue weighted by atomic mass is 9.90. The molecule has 2 rings (SSSR count). The fraction of sp³-hybridized carbons (Fsp3) is 0.417. The first-order valence-corrected chi connectivity index (χ1v) is 9.51. The summed E-state index contributed by atoms with van der Waals surface area (Å²) >= 11 is 0. The highest BCUT2D eigenvalue weighted by molar-refractivity contribution is 5.44. The molecule has 26 heavy (non-hydrogen) atoms. The Hall–Kier alpha value is -2.26. The van der Waals surface area contributed by atoms with E-state index in [1.807, 2.05) is 0 Å². The average molecular weight is 348 g/mol. The quantitative estimate of drug-likeness (QED) is 0.568. The van der Waals surface area contributed by atoms with Gasteiger partial charge in [-0.3, -0.25) is 0 Å². The summed E-state index contributed by atoms with van der Waals surface area (Å²) in [7, 11) is 0. The minimum absolute atomic E-state index is 0.247. The van der Waals surface area contributed by atoms with Crippen LogP contribution in [0.25, 0.3) is 0 Å². The Morgan fingerprint density at radius 1 is 0.846 bits per heavy atom. The Labute approximate surface area is 157 Å². The van der Waals surface area contributed by atoms with Crippen LogP contribution in [-0.2, 0) is 0 Å². The van der Waals surface area contributed by atoms with E-state index >= 15 is 0 Å². The van der Waals surface area contributed by atoms with Gasteiger partial charge in [-0.05, 0) is 49.8 Å². The van der Waals surface area contributed by atoms with Crippen LogP contribution in [0, 0.1) is 23.7 Å². The monoisotopic (exact) mass is 348 g/mol. The van der Waals surface area contributed by atoms with Gasteiger partial charge in [0.15, 0.2) is 0 Å². The SMILES string of the molecule is OCCCCC#CC1=CCC(c2ccc(C#CCCCCO)cc2)C=C1. The molecule has 1 atom stereocenters. The van der Waals surface area contributed by atoms with Gasteiger partial charge in [0.1, 0.15) is 0 Å². The second-order valence-corrected chi connectivity index (χ2v) is 6.45. The van der Waals surface area contributed by atoms with Crippen LogP contribution in [0.5, 0.6) is 0 Å². The molecule has 2 N–H and O–H groups in total. The molecule has 136 valence electrons. The molecule has 0 saturated heterocycles. The molecule has 0 amide bonds. The molecule has 0 radical (unpaired) electrons. The largest absolute Gasteiger partial charge is 0.396 e. The summed E-state index contributed by atoms with van der Waals surface area (Å²) in [5, 5.41) is 17.5. The van der Waals surface area contributed by atoms with E-state index in [0.29, 0.717) is 5.92 Å².